The van der Waals surface area contributed by atoms with Gasteiger partial charge in [0.2, 0.25) is 15.9 Å². The van der Waals surface area contributed by atoms with Crippen molar-refractivity contribution in [3.05, 3.63) is 58.9 Å². The van der Waals surface area contributed by atoms with E-state index >= 15 is 0 Å². The molecule has 2 aromatic rings. The van der Waals surface area contributed by atoms with Gasteiger partial charge in [-0.2, -0.15) is 4.31 Å². The summed E-state index contributed by atoms with van der Waals surface area (Å²) in [6.45, 7) is 5.71. The summed E-state index contributed by atoms with van der Waals surface area (Å²) < 4.78 is 25.2. The highest BCUT2D eigenvalue weighted by Crippen LogP contribution is 2.22. The summed E-state index contributed by atoms with van der Waals surface area (Å²) in [5, 5.41) is 2.84. The van der Waals surface area contributed by atoms with E-state index in [-0.39, 0.29) is 19.0 Å². The number of hydrogen-bond donors (Lipinski definition) is 1. The Morgan fingerprint density at radius 3 is 2.20 bits per heavy atom. The Balaban J connectivity index is 2.15. The highest BCUT2D eigenvalue weighted by molar-refractivity contribution is 7.88. The van der Waals surface area contributed by atoms with Gasteiger partial charge < -0.3 is 5.32 Å². The summed E-state index contributed by atoms with van der Waals surface area (Å²) in [4.78, 5) is 16.3. The third-order valence-corrected chi connectivity index (χ3v) is 5.03. The largest absolute Gasteiger partial charge is 0.324 e. The first-order valence-corrected chi connectivity index (χ1v) is 9.73. The van der Waals surface area contributed by atoms with Crippen molar-refractivity contribution in [2.24, 2.45) is 0 Å². The molecule has 0 aliphatic heterocycles. The van der Waals surface area contributed by atoms with Gasteiger partial charge in [-0.15, -0.1) is 0 Å². The first kappa shape index (κ1) is 19.1. The number of carbonyl (C=O) groups is 1. The number of aryl methyl sites for hydroxylation is 3. The number of nitrogens with zero attached hydrogens (tertiary/aromatic N) is 2. The molecule has 2 rings (SSSR count). The molecule has 0 unspecified atom stereocenters. The summed E-state index contributed by atoms with van der Waals surface area (Å²) in [5.41, 5.74) is 4.52. The van der Waals surface area contributed by atoms with E-state index in [1.54, 1.807) is 24.5 Å². The summed E-state index contributed by atoms with van der Waals surface area (Å²) in [5.74, 6) is -0.366. The quantitative estimate of drug-likeness (QED) is 0.857. The van der Waals surface area contributed by atoms with Gasteiger partial charge in [0.15, 0.2) is 0 Å². The summed E-state index contributed by atoms with van der Waals surface area (Å²) in [6, 6.07) is 7.41. The maximum Gasteiger partial charge on any atom is 0.239 e. The van der Waals surface area contributed by atoms with Crippen LogP contribution in [0.25, 0.3) is 0 Å². The fraction of sp³-hybridized carbons (Fsp3) is 0.333. The normalized spacial score (nSPS) is 11.6. The maximum atomic E-state index is 12.4. The van der Waals surface area contributed by atoms with Gasteiger partial charge in [0.1, 0.15) is 0 Å². The molecule has 0 saturated carbocycles. The Labute approximate surface area is 148 Å². The van der Waals surface area contributed by atoms with Gasteiger partial charge in [-0.3, -0.25) is 9.78 Å². The number of sulfonamides is 1. The van der Waals surface area contributed by atoms with Gasteiger partial charge in [-0.05, 0) is 49.6 Å². The fourth-order valence-corrected chi connectivity index (χ4v) is 3.43. The van der Waals surface area contributed by atoms with Crippen molar-refractivity contribution in [3.63, 3.8) is 0 Å². The van der Waals surface area contributed by atoms with Crippen LogP contribution in [0.15, 0.2) is 36.7 Å². The highest BCUT2D eigenvalue weighted by atomic mass is 32.2. The van der Waals surface area contributed by atoms with Gasteiger partial charge in [0, 0.05) is 24.6 Å². The SMILES string of the molecule is Cc1cc(C)c(NC(=O)CN(Cc2ccncc2)S(C)(=O)=O)c(C)c1. The zero-order valence-electron chi connectivity index (χ0n) is 14.9. The van der Waals surface area contributed by atoms with E-state index in [9.17, 15) is 13.2 Å². The Morgan fingerprint density at radius 2 is 1.68 bits per heavy atom. The zero-order chi connectivity index (χ0) is 18.6. The monoisotopic (exact) mass is 361 g/mol. The molecule has 6 nitrogen and oxygen atoms in total. The number of carbonyl (C=O) groups excluding carboxylic acids is 1. The first-order valence-electron chi connectivity index (χ1n) is 7.88. The number of nitrogens with one attached hydrogen (secondary N) is 1. The lowest BCUT2D eigenvalue weighted by Crippen LogP contribution is -2.37. The van der Waals surface area contributed by atoms with Crippen molar-refractivity contribution in [3.8, 4) is 0 Å². The number of rotatable bonds is 6. The summed E-state index contributed by atoms with van der Waals surface area (Å²) in [6.07, 6.45) is 4.29. The second kappa shape index (κ2) is 7.76. The Kier molecular flexibility index (Phi) is 5.92. The first-order chi connectivity index (χ1) is 11.7. The predicted octanol–water partition coefficient (Wildman–Crippen LogP) is 2.41. The molecular weight excluding hydrogens is 338 g/mol. The lowest BCUT2D eigenvalue weighted by Gasteiger charge is -2.20. The molecule has 0 saturated heterocycles. The van der Waals surface area contributed by atoms with E-state index in [2.05, 4.69) is 10.3 Å². The molecule has 0 bridgehead atoms. The molecule has 0 aliphatic rings. The van der Waals surface area contributed by atoms with Gasteiger partial charge >= 0.3 is 0 Å². The molecule has 1 aromatic carbocycles. The molecule has 1 aromatic heterocycles. The zero-order valence-corrected chi connectivity index (χ0v) is 15.7. The third kappa shape index (κ3) is 5.37. The van der Waals surface area contributed by atoms with Crippen LogP contribution in [-0.2, 0) is 21.4 Å². The molecule has 25 heavy (non-hydrogen) atoms. The lowest BCUT2D eigenvalue weighted by molar-refractivity contribution is -0.116. The van der Waals surface area contributed by atoms with Crippen molar-refractivity contribution in [2.45, 2.75) is 27.3 Å². The number of amides is 1. The van der Waals surface area contributed by atoms with Crippen LogP contribution in [-0.4, -0.2) is 36.4 Å². The smallest absolute Gasteiger partial charge is 0.239 e. The number of pyridine rings is 1. The molecule has 0 spiro atoms. The van der Waals surface area contributed by atoms with Crippen LogP contribution in [0.4, 0.5) is 5.69 Å². The van der Waals surface area contributed by atoms with E-state index in [0.29, 0.717) is 0 Å². The number of anilines is 1. The van der Waals surface area contributed by atoms with E-state index in [0.717, 1.165) is 38.5 Å². The Morgan fingerprint density at radius 1 is 1.12 bits per heavy atom. The predicted molar refractivity (Wildman–Crippen MR) is 98.8 cm³/mol. The van der Waals surface area contributed by atoms with Gasteiger partial charge in [-0.25, -0.2) is 8.42 Å². The molecule has 0 radical (unpaired) electrons. The van der Waals surface area contributed by atoms with E-state index in [4.69, 9.17) is 0 Å². The van der Waals surface area contributed by atoms with Gasteiger partial charge in [0.25, 0.3) is 0 Å². The molecule has 0 fully saturated rings. The molecule has 1 heterocycles. The number of benzene rings is 1. The second-order valence-corrected chi connectivity index (χ2v) is 8.19. The molecule has 1 amide bonds. The highest BCUT2D eigenvalue weighted by Gasteiger charge is 2.21. The average molecular weight is 361 g/mol. The van der Waals surface area contributed by atoms with Crippen molar-refractivity contribution < 1.29 is 13.2 Å². The molecule has 134 valence electrons. The van der Waals surface area contributed by atoms with Crippen LogP contribution < -0.4 is 5.32 Å². The average Bonchev–Trinajstić information content (AvgIpc) is 2.50. The minimum atomic E-state index is -3.53. The summed E-state index contributed by atoms with van der Waals surface area (Å²) >= 11 is 0. The van der Waals surface area contributed by atoms with Gasteiger partial charge in [0.05, 0.1) is 12.8 Å². The number of aromatic nitrogens is 1. The molecule has 0 aliphatic carbocycles. The van der Waals surface area contributed by atoms with Gasteiger partial charge in [-0.1, -0.05) is 17.7 Å². The molecule has 0 atom stereocenters. The molecule has 1 N–H and O–H groups in total. The van der Waals surface area contributed by atoms with E-state index in [1.165, 1.54) is 0 Å². The van der Waals surface area contributed by atoms with Crippen LogP contribution in [0.2, 0.25) is 0 Å². The summed E-state index contributed by atoms with van der Waals surface area (Å²) in [7, 11) is -3.53. The second-order valence-electron chi connectivity index (χ2n) is 6.21. The van der Waals surface area contributed by atoms with Crippen molar-refractivity contribution in [1.82, 2.24) is 9.29 Å². The lowest BCUT2D eigenvalue weighted by atomic mass is 10.1. The third-order valence-electron chi connectivity index (χ3n) is 3.84. The van der Waals surface area contributed by atoms with Crippen molar-refractivity contribution in [2.75, 3.05) is 18.1 Å². The standard InChI is InChI=1S/C18H23N3O3S/c1-13-9-14(2)18(15(3)10-13)20-17(22)12-21(25(4,23)24)11-16-5-7-19-8-6-16/h5-10H,11-12H2,1-4H3,(H,20,22). The maximum absolute atomic E-state index is 12.4. The fourth-order valence-electron chi connectivity index (χ4n) is 2.70. The van der Waals surface area contributed by atoms with Crippen molar-refractivity contribution in [1.29, 1.82) is 0 Å². The Bertz CT molecular complexity index is 841. The van der Waals surface area contributed by atoms with Crippen molar-refractivity contribution >= 4 is 21.6 Å². The molecular formula is C18H23N3O3S. The Hall–Kier alpha value is -2.25. The topological polar surface area (TPSA) is 79.4 Å². The minimum absolute atomic E-state index is 0.126. The van der Waals surface area contributed by atoms with Crippen LogP contribution >= 0.6 is 0 Å². The number of hydrogen-bond acceptors (Lipinski definition) is 4. The van der Waals surface area contributed by atoms with Crippen LogP contribution in [0, 0.1) is 20.8 Å². The molecule has 7 heteroatoms. The van der Waals surface area contributed by atoms with Crippen LogP contribution in [0.3, 0.4) is 0 Å². The van der Waals surface area contributed by atoms with E-state index in [1.807, 2.05) is 32.9 Å². The minimum Gasteiger partial charge on any atom is -0.324 e. The van der Waals surface area contributed by atoms with Crippen LogP contribution in [0.1, 0.15) is 22.3 Å². The van der Waals surface area contributed by atoms with E-state index < -0.39 is 10.0 Å². The van der Waals surface area contributed by atoms with Crippen LogP contribution in [0.5, 0.6) is 0 Å².